The van der Waals surface area contributed by atoms with E-state index in [0.717, 1.165) is 21.2 Å². The molecule has 0 aliphatic heterocycles. The van der Waals surface area contributed by atoms with E-state index in [-0.39, 0.29) is 4.90 Å². The summed E-state index contributed by atoms with van der Waals surface area (Å²) in [6.07, 6.45) is 2.03. The van der Waals surface area contributed by atoms with E-state index in [0.29, 0.717) is 0 Å². The fourth-order valence-corrected chi connectivity index (χ4v) is 3.90. The highest BCUT2D eigenvalue weighted by Gasteiger charge is 2.10. The van der Waals surface area contributed by atoms with Gasteiger partial charge in [-0.1, -0.05) is 29.5 Å². The van der Waals surface area contributed by atoms with Crippen LogP contribution in [0.25, 0.3) is 5.69 Å². The van der Waals surface area contributed by atoms with E-state index in [1.54, 1.807) is 23.9 Å². The van der Waals surface area contributed by atoms with Crippen molar-refractivity contribution in [3.8, 4) is 5.69 Å². The molecule has 4 nitrogen and oxygen atoms in total. The zero-order valence-corrected chi connectivity index (χ0v) is 15.1. The van der Waals surface area contributed by atoms with E-state index in [1.807, 2.05) is 17.7 Å². The van der Waals surface area contributed by atoms with Gasteiger partial charge < -0.3 is 4.57 Å². The predicted octanol–water partition coefficient (Wildman–Crippen LogP) is 3.89. The highest BCUT2D eigenvalue weighted by Crippen LogP contribution is 2.31. The molecule has 1 aromatic heterocycles. The van der Waals surface area contributed by atoms with Crippen molar-refractivity contribution in [2.75, 3.05) is 0 Å². The minimum absolute atomic E-state index is 0.114. The molecular weight excluding hydrogens is 340 g/mol. The van der Waals surface area contributed by atoms with Crippen molar-refractivity contribution >= 4 is 21.8 Å². The second kappa shape index (κ2) is 6.47. The number of sulfonamides is 1. The van der Waals surface area contributed by atoms with E-state index in [1.165, 1.54) is 17.7 Å². The Morgan fingerprint density at radius 2 is 1.54 bits per heavy atom. The van der Waals surface area contributed by atoms with Crippen LogP contribution in [-0.4, -0.2) is 13.0 Å². The van der Waals surface area contributed by atoms with Crippen LogP contribution in [0.2, 0.25) is 0 Å². The van der Waals surface area contributed by atoms with Crippen LogP contribution in [0.3, 0.4) is 0 Å². The molecule has 2 aromatic carbocycles. The maximum atomic E-state index is 11.4. The molecule has 6 heteroatoms. The van der Waals surface area contributed by atoms with E-state index in [9.17, 15) is 8.42 Å². The average molecular weight is 358 g/mol. The number of hydrogen-bond donors (Lipinski definition) is 1. The Balaban J connectivity index is 1.95. The van der Waals surface area contributed by atoms with Crippen LogP contribution in [0.15, 0.2) is 75.6 Å². The molecule has 0 amide bonds. The van der Waals surface area contributed by atoms with Gasteiger partial charge in [-0.05, 0) is 61.9 Å². The molecule has 0 bridgehead atoms. The largest absolute Gasteiger partial charge is 0.311 e. The molecule has 0 spiro atoms. The molecule has 3 aromatic rings. The highest BCUT2D eigenvalue weighted by molar-refractivity contribution is 7.99. The van der Waals surface area contributed by atoms with Crippen molar-refractivity contribution in [2.45, 2.75) is 28.7 Å². The molecule has 0 unspecified atom stereocenters. The molecule has 0 radical (unpaired) electrons. The number of aryl methyl sites for hydroxylation is 2. The fourth-order valence-electron chi connectivity index (χ4n) is 2.37. The standard InChI is InChI=1S/C18H18N2O2S2/c1-13-3-7-16(8-4-13)23-18-11-14(2)12-20(18)15-5-9-17(10-6-15)24(19,21)22/h3-12H,1-2H3,(H2,19,21,22). The predicted molar refractivity (Wildman–Crippen MR) is 97.2 cm³/mol. The van der Waals surface area contributed by atoms with Gasteiger partial charge in [0.15, 0.2) is 0 Å². The minimum atomic E-state index is -3.67. The lowest BCUT2D eigenvalue weighted by molar-refractivity contribution is 0.598. The second-order valence-corrected chi connectivity index (χ2v) is 8.33. The summed E-state index contributed by atoms with van der Waals surface area (Å²) in [6, 6.07) is 17.1. The van der Waals surface area contributed by atoms with Gasteiger partial charge in [-0.15, -0.1) is 0 Å². The normalized spacial score (nSPS) is 11.6. The Morgan fingerprint density at radius 1 is 0.917 bits per heavy atom. The van der Waals surface area contributed by atoms with E-state index >= 15 is 0 Å². The monoisotopic (exact) mass is 358 g/mol. The summed E-state index contributed by atoms with van der Waals surface area (Å²) in [7, 11) is -3.67. The highest BCUT2D eigenvalue weighted by atomic mass is 32.2. The van der Waals surface area contributed by atoms with Crippen LogP contribution in [0.1, 0.15) is 11.1 Å². The molecule has 0 aliphatic rings. The summed E-state index contributed by atoms with van der Waals surface area (Å²) < 4.78 is 24.8. The number of primary sulfonamides is 1. The van der Waals surface area contributed by atoms with Crippen molar-refractivity contribution in [1.29, 1.82) is 0 Å². The van der Waals surface area contributed by atoms with Gasteiger partial charge in [0, 0.05) is 16.8 Å². The molecule has 1 heterocycles. The van der Waals surface area contributed by atoms with Crippen LogP contribution in [0.4, 0.5) is 0 Å². The zero-order chi connectivity index (χ0) is 17.3. The van der Waals surface area contributed by atoms with Gasteiger partial charge in [0.05, 0.1) is 9.92 Å². The van der Waals surface area contributed by atoms with Crippen LogP contribution >= 0.6 is 11.8 Å². The molecule has 124 valence electrons. The molecule has 2 N–H and O–H groups in total. The molecule has 0 atom stereocenters. The van der Waals surface area contributed by atoms with Gasteiger partial charge in [0.1, 0.15) is 0 Å². The first-order valence-electron chi connectivity index (χ1n) is 7.40. The third-order valence-corrected chi connectivity index (χ3v) is 5.57. The Labute approximate surface area is 146 Å². The van der Waals surface area contributed by atoms with E-state index < -0.39 is 10.0 Å². The number of benzene rings is 2. The zero-order valence-electron chi connectivity index (χ0n) is 13.4. The first-order valence-corrected chi connectivity index (χ1v) is 9.76. The third-order valence-electron chi connectivity index (χ3n) is 3.61. The van der Waals surface area contributed by atoms with Crippen molar-refractivity contribution in [3.63, 3.8) is 0 Å². The van der Waals surface area contributed by atoms with Crippen LogP contribution < -0.4 is 5.14 Å². The topological polar surface area (TPSA) is 65.1 Å². The molecule has 24 heavy (non-hydrogen) atoms. The number of hydrogen-bond acceptors (Lipinski definition) is 3. The quantitative estimate of drug-likeness (QED) is 0.769. The molecular formula is C18H18N2O2S2. The second-order valence-electron chi connectivity index (χ2n) is 5.68. The Morgan fingerprint density at radius 3 is 2.12 bits per heavy atom. The van der Waals surface area contributed by atoms with Crippen LogP contribution in [0, 0.1) is 13.8 Å². The summed E-state index contributed by atoms with van der Waals surface area (Å²) in [4.78, 5) is 1.27. The van der Waals surface area contributed by atoms with Gasteiger partial charge in [0.25, 0.3) is 0 Å². The van der Waals surface area contributed by atoms with E-state index in [4.69, 9.17) is 5.14 Å². The van der Waals surface area contributed by atoms with Crippen molar-refractivity contribution in [3.05, 3.63) is 71.9 Å². The molecule has 0 saturated heterocycles. The third kappa shape index (κ3) is 3.72. The van der Waals surface area contributed by atoms with Gasteiger partial charge in [-0.2, -0.15) is 0 Å². The molecule has 0 fully saturated rings. The van der Waals surface area contributed by atoms with Gasteiger partial charge >= 0.3 is 0 Å². The van der Waals surface area contributed by atoms with Crippen molar-refractivity contribution in [2.24, 2.45) is 5.14 Å². The molecule has 3 rings (SSSR count). The number of nitrogens with zero attached hydrogens (tertiary/aromatic N) is 1. The van der Waals surface area contributed by atoms with Crippen molar-refractivity contribution < 1.29 is 8.42 Å². The van der Waals surface area contributed by atoms with Gasteiger partial charge in [-0.25, -0.2) is 13.6 Å². The minimum Gasteiger partial charge on any atom is -0.311 e. The summed E-state index contributed by atoms with van der Waals surface area (Å²) >= 11 is 1.67. The fraction of sp³-hybridized carbons (Fsp3) is 0.111. The molecule has 0 saturated carbocycles. The summed E-state index contributed by atoms with van der Waals surface area (Å²) in [5.74, 6) is 0. The maximum absolute atomic E-state index is 11.4. The van der Waals surface area contributed by atoms with Crippen LogP contribution in [-0.2, 0) is 10.0 Å². The first kappa shape index (κ1) is 16.8. The lowest BCUT2D eigenvalue weighted by Crippen LogP contribution is -2.12. The molecule has 0 aliphatic carbocycles. The lowest BCUT2D eigenvalue weighted by atomic mass is 10.2. The van der Waals surface area contributed by atoms with Crippen LogP contribution in [0.5, 0.6) is 0 Å². The van der Waals surface area contributed by atoms with E-state index in [2.05, 4.69) is 37.3 Å². The number of rotatable bonds is 4. The Hall–Kier alpha value is -2.02. The van der Waals surface area contributed by atoms with Gasteiger partial charge in [-0.3, -0.25) is 0 Å². The summed E-state index contributed by atoms with van der Waals surface area (Å²) in [5.41, 5.74) is 3.26. The summed E-state index contributed by atoms with van der Waals surface area (Å²) in [5, 5.41) is 6.22. The smallest absolute Gasteiger partial charge is 0.238 e. The Bertz CT molecular complexity index is 957. The number of nitrogens with two attached hydrogens (primary N) is 1. The first-order chi connectivity index (χ1) is 11.3. The average Bonchev–Trinajstić information content (AvgIpc) is 2.89. The van der Waals surface area contributed by atoms with Crippen molar-refractivity contribution in [1.82, 2.24) is 4.57 Å². The van der Waals surface area contributed by atoms with Gasteiger partial charge in [0.2, 0.25) is 10.0 Å². The Kier molecular flexibility index (Phi) is 4.54. The SMILES string of the molecule is Cc1ccc(Sc2cc(C)cn2-c2ccc(S(N)(=O)=O)cc2)cc1. The number of aromatic nitrogens is 1. The maximum Gasteiger partial charge on any atom is 0.238 e. The summed E-state index contributed by atoms with van der Waals surface area (Å²) in [6.45, 7) is 4.10. The lowest BCUT2D eigenvalue weighted by Gasteiger charge is -2.10.